The Morgan fingerprint density at radius 3 is 2.35 bits per heavy atom. The van der Waals surface area contributed by atoms with Gasteiger partial charge in [0.1, 0.15) is 18.3 Å². The van der Waals surface area contributed by atoms with Crippen LogP contribution >= 0.6 is 23.8 Å². The monoisotopic (exact) mass is 668 g/mol. The van der Waals surface area contributed by atoms with Crippen LogP contribution in [0.2, 0.25) is 0 Å². The number of unbranched alkanes of at least 4 members (excludes halogenated alkanes) is 1. The van der Waals surface area contributed by atoms with E-state index in [1.54, 1.807) is 0 Å². The SMILES string of the molecule is CCCCOc1nc(N)c2ncn(C3OC(COP(=O)(O)OP(=O)([O-])O[P+]([O-])([O-])[O-])C(O)C3O)c2n1.[Na+].[Na+].[Na+].[Na+]. The number of imidazole rings is 1. The molecular weight excluding hydrogens is 647 g/mol. The second-order valence-electron chi connectivity index (χ2n) is 7.29. The van der Waals surface area contributed by atoms with E-state index in [4.69, 9.17) is 15.2 Å². The summed E-state index contributed by atoms with van der Waals surface area (Å²) in [5, 5.41) is 20.7. The summed E-state index contributed by atoms with van der Waals surface area (Å²) in [5.74, 6) is -0.0403. The van der Waals surface area contributed by atoms with Crippen molar-refractivity contribution < 1.29 is 185 Å². The molecule has 1 aliphatic rings. The second-order valence-corrected chi connectivity index (χ2v) is 11.6. The molecule has 0 aromatic carbocycles. The van der Waals surface area contributed by atoms with Gasteiger partial charge in [0.2, 0.25) is 0 Å². The Hall–Kier alpha value is 2.60. The van der Waals surface area contributed by atoms with Crippen LogP contribution in [0.1, 0.15) is 26.0 Å². The molecule has 0 radical (unpaired) electrons. The molecule has 1 aliphatic heterocycles. The minimum absolute atomic E-state index is 0. The van der Waals surface area contributed by atoms with E-state index in [2.05, 4.69) is 28.1 Å². The third-order valence-electron chi connectivity index (χ3n) is 4.57. The molecule has 5 N–H and O–H groups in total. The average Bonchev–Trinajstić information content (AvgIpc) is 3.26. The number of aromatic nitrogens is 4. The number of nitrogens with zero attached hydrogens (tertiary/aromatic N) is 4. The number of fused-ring (bicyclic) bond motifs is 1. The molecule has 2 aromatic heterocycles. The summed E-state index contributed by atoms with van der Waals surface area (Å²) in [5.41, 5.74) is 6.06. The van der Waals surface area contributed by atoms with Gasteiger partial charge in [0.25, 0.3) is 0 Å². The number of nitrogens with two attached hydrogens (primary N) is 1. The molecule has 6 atom stereocenters. The number of anilines is 1. The standard InChI is InChI=1S/C14H24N5O14P3.4Na/c1-2-3-4-29-14-17-11(15)8-12(18-14)19(6-16-8)13-10(21)9(20)7(31-13)5-30-35(25,26)33-36(27,28)32-34(22,23)24;;;;/h6-7,9-10,13,20-21H,2-5H2,1H3,(H,25,26)(H,27,28)(H2,15,17,18)(H2,22,23,24);;;;/q;4*+1/p-3. The van der Waals surface area contributed by atoms with E-state index >= 15 is 0 Å². The van der Waals surface area contributed by atoms with Gasteiger partial charge in [-0.2, -0.15) is 14.3 Å². The summed E-state index contributed by atoms with van der Waals surface area (Å²) in [4.78, 5) is 64.2. The Morgan fingerprint density at radius 1 is 1.15 bits per heavy atom. The van der Waals surface area contributed by atoms with Crippen LogP contribution in [0.5, 0.6) is 6.01 Å². The molecule has 19 nitrogen and oxygen atoms in total. The van der Waals surface area contributed by atoms with Crippen molar-refractivity contribution in [3.8, 4) is 6.01 Å². The summed E-state index contributed by atoms with van der Waals surface area (Å²) in [6.45, 7) is 1.22. The average molecular weight is 668 g/mol. The Labute approximate surface area is 316 Å². The van der Waals surface area contributed by atoms with Gasteiger partial charge in [0.15, 0.2) is 23.2 Å². The quantitative estimate of drug-likeness (QED) is 0.0927. The summed E-state index contributed by atoms with van der Waals surface area (Å²) >= 11 is 0. The summed E-state index contributed by atoms with van der Waals surface area (Å²) < 4.78 is 46.2. The van der Waals surface area contributed by atoms with Crippen LogP contribution in [0.3, 0.4) is 0 Å². The molecule has 40 heavy (non-hydrogen) atoms. The van der Waals surface area contributed by atoms with Crippen LogP contribution in [-0.4, -0.2) is 66.2 Å². The third kappa shape index (κ3) is 12.8. The van der Waals surface area contributed by atoms with Crippen molar-refractivity contribution in [3.63, 3.8) is 0 Å². The van der Waals surface area contributed by atoms with Gasteiger partial charge in [-0.05, 0) is 6.42 Å². The summed E-state index contributed by atoms with van der Waals surface area (Å²) in [6.07, 6.45) is -3.59. The van der Waals surface area contributed by atoms with Crippen LogP contribution in [0.15, 0.2) is 6.33 Å². The molecule has 0 bridgehead atoms. The van der Waals surface area contributed by atoms with E-state index in [0.29, 0.717) is 6.61 Å². The van der Waals surface area contributed by atoms with Crippen LogP contribution in [0.4, 0.5) is 5.82 Å². The van der Waals surface area contributed by atoms with Gasteiger partial charge in [0, 0.05) is 8.17 Å². The zero-order valence-corrected chi connectivity index (χ0v) is 32.9. The molecule has 204 valence electrons. The fourth-order valence-electron chi connectivity index (χ4n) is 3.03. The zero-order valence-electron chi connectivity index (χ0n) is 22.3. The van der Waals surface area contributed by atoms with E-state index < -0.39 is 55.0 Å². The molecule has 1 fully saturated rings. The van der Waals surface area contributed by atoms with E-state index in [9.17, 15) is 43.8 Å². The molecule has 0 amide bonds. The molecule has 3 rings (SSSR count). The van der Waals surface area contributed by atoms with Crippen molar-refractivity contribution in [1.29, 1.82) is 0 Å². The van der Waals surface area contributed by atoms with E-state index in [1.165, 1.54) is 10.9 Å². The van der Waals surface area contributed by atoms with Gasteiger partial charge in [-0.25, -0.2) is 13.9 Å². The number of aliphatic hydroxyl groups excluding tert-OH is 2. The summed E-state index contributed by atoms with van der Waals surface area (Å²) in [6, 6.07) is -0.0774. The van der Waals surface area contributed by atoms with Gasteiger partial charge in [0.05, 0.1) is 19.5 Å². The topological polar surface area (TPSA) is 303 Å². The van der Waals surface area contributed by atoms with Crippen molar-refractivity contribution >= 4 is 40.8 Å². The minimum atomic E-state index is -6.13. The van der Waals surface area contributed by atoms with Crippen LogP contribution in [-0.2, 0) is 27.0 Å². The Balaban J connectivity index is 0. The first-order valence-electron chi connectivity index (χ1n) is 10.00. The van der Waals surface area contributed by atoms with Crippen molar-refractivity contribution in [2.24, 2.45) is 0 Å². The first kappa shape index (κ1) is 44.7. The largest absolute Gasteiger partial charge is 1.00 e. The molecule has 0 spiro atoms. The van der Waals surface area contributed by atoms with Gasteiger partial charge < -0.3 is 49.9 Å². The molecule has 3 heterocycles. The molecule has 2 aromatic rings. The van der Waals surface area contributed by atoms with E-state index in [0.717, 1.165) is 12.8 Å². The number of phosphoric acid groups is 3. The molecule has 1 saturated heterocycles. The number of hydrogen-bond acceptors (Lipinski definition) is 17. The van der Waals surface area contributed by atoms with E-state index in [-0.39, 0.29) is 141 Å². The summed E-state index contributed by atoms with van der Waals surface area (Å²) in [7, 11) is -17.8. The molecule has 0 aliphatic carbocycles. The number of ether oxygens (including phenoxy) is 2. The van der Waals surface area contributed by atoms with Crippen LogP contribution in [0, 0.1) is 0 Å². The maximum atomic E-state index is 11.8. The van der Waals surface area contributed by atoms with Crippen molar-refractivity contribution in [3.05, 3.63) is 6.33 Å². The van der Waals surface area contributed by atoms with Gasteiger partial charge in [-0.1, -0.05) is 13.3 Å². The number of nitrogen functional groups attached to an aromatic ring is 1. The van der Waals surface area contributed by atoms with Crippen LogP contribution in [0.25, 0.3) is 11.2 Å². The predicted octanol–water partition coefficient (Wildman–Crippen LogP) is -15.4. The Bertz CT molecular complexity index is 1180. The second kappa shape index (κ2) is 18.7. The Morgan fingerprint density at radius 2 is 1.77 bits per heavy atom. The fraction of sp³-hybridized carbons (Fsp3) is 0.643. The van der Waals surface area contributed by atoms with Gasteiger partial charge in [-0.15, -0.1) is 0 Å². The van der Waals surface area contributed by atoms with Crippen LogP contribution < -0.4 is 148 Å². The number of hydrogen-bond donors (Lipinski definition) is 4. The number of rotatable bonds is 12. The first-order chi connectivity index (χ1) is 16.6. The Kier molecular flexibility index (Phi) is 20.9. The molecule has 6 unspecified atom stereocenters. The maximum Gasteiger partial charge on any atom is 1.00 e. The van der Waals surface area contributed by atoms with Gasteiger partial charge >= 0.3 is 140 Å². The zero-order chi connectivity index (χ0) is 26.9. The minimum Gasteiger partial charge on any atom is -0.753 e. The third-order valence-corrected chi connectivity index (χ3v) is 8.27. The van der Waals surface area contributed by atoms with Crippen molar-refractivity contribution in [2.75, 3.05) is 18.9 Å². The number of aliphatic hydroxyl groups is 2. The first-order valence-corrected chi connectivity index (χ1v) is 14.4. The molecule has 26 heteroatoms. The van der Waals surface area contributed by atoms with Gasteiger partial charge in [-0.3, -0.25) is 13.7 Å². The maximum absolute atomic E-state index is 11.8. The number of phosphoric ester groups is 1. The van der Waals surface area contributed by atoms with Crippen molar-refractivity contribution in [2.45, 2.75) is 44.3 Å². The predicted molar refractivity (Wildman–Crippen MR) is 109 cm³/mol. The fourth-order valence-corrected chi connectivity index (χ4v) is 5.93. The van der Waals surface area contributed by atoms with E-state index in [1.807, 2.05) is 6.92 Å². The normalized spacial score (nSPS) is 23.5. The smallest absolute Gasteiger partial charge is 0.753 e. The van der Waals surface area contributed by atoms with Crippen molar-refractivity contribution in [1.82, 2.24) is 19.5 Å². The molecular formula is C14H21N5Na4O14P3+. The molecule has 0 saturated carbocycles.